The molecule has 3 N–H and O–H groups in total. The molecule has 0 fully saturated rings. The molecule has 0 saturated carbocycles. The van der Waals surface area contributed by atoms with Gasteiger partial charge in [-0.15, -0.1) is 0 Å². The van der Waals surface area contributed by atoms with E-state index in [4.69, 9.17) is 20.2 Å². The number of hydrogen-bond donors (Lipinski definition) is 2. The van der Waals surface area contributed by atoms with Crippen LogP contribution >= 0.6 is 0 Å². The number of nitrogen functional groups attached to an aromatic ring is 1. The molecule has 1 aliphatic carbocycles. The van der Waals surface area contributed by atoms with Gasteiger partial charge in [-0.1, -0.05) is 0 Å². The second-order valence-electron chi connectivity index (χ2n) is 7.26. The van der Waals surface area contributed by atoms with Crippen LogP contribution < -0.4 is 10.5 Å². The minimum Gasteiger partial charge on any atom is -0.384 e. The lowest BCUT2D eigenvalue weighted by Gasteiger charge is -2.18. The number of ether oxygens (including phenoxy) is 2. The third-order valence-electron chi connectivity index (χ3n) is 4.91. The molecule has 1 unspecified atom stereocenters. The maximum Gasteiger partial charge on any atom is 0.151 e. The number of aromatic nitrogens is 3. The first-order valence-electron chi connectivity index (χ1n) is 9.70. The first kappa shape index (κ1) is 21.0. The van der Waals surface area contributed by atoms with E-state index in [-0.39, 0.29) is 0 Å². The van der Waals surface area contributed by atoms with Crippen molar-refractivity contribution >= 4 is 32.4 Å². The van der Waals surface area contributed by atoms with E-state index in [1.54, 1.807) is 13.4 Å². The van der Waals surface area contributed by atoms with Crippen molar-refractivity contribution in [2.75, 3.05) is 45.5 Å². The first-order valence-corrected chi connectivity index (χ1v) is 11.8. The number of nitrogens with one attached hydrogen (secondary N) is 1. The first-order chi connectivity index (χ1) is 13.4. The maximum atomic E-state index is 11.5. The minimum atomic E-state index is -2.20. The molecule has 2 heterocycles. The predicted octanol–water partition coefficient (Wildman–Crippen LogP) is 0.949. The number of pyridine rings is 1. The highest BCUT2D eigenvalue weighted by molar-refractivity contribution is 7.97. The van der Waals surface area contributed by atoms with Gasteiger partial charge in [0.15, 0.2) is 5.82 Å². The van der Waals surface area contributed by atoms with Crippen molar-refractivity contribution < 1.29 is 13.7 Å². The molecular formula is C19H31N5O3S. The molecule has 0 bridgehead atoms. The van der Waals surface area contributed by atoms with Crippen LogP contribution in [0, 0.1) is 0 Å². The van der Waals surface area contributed by atoms with Gasteiger partial charge in [0.1, 0.15) is 11.3 Å². The Labute approximate surface area is 167 Å². The molecule has 2 aromatic rings. The standard InChI is InChI=1S/C19H31N5O3S/c1-26-11-8-16-23-17-18(14-6-4-5-7-15(14)22-19(17)20)24(16)10-13-27-12-9-21-28(2,3)25/h2,4-13H2,1,3H3,(H2,20,22)(H,21,25). The van der Waals surface area contributed by atoms with Crippen LogP contribution in [0.1, 0.15) is 29.9 Å². The largest absolute Gasteiger partial charge is 0.384 e. The normalized spacial score (nSPS) is 16.2. The van der Waals surface area contributed by atoms with Crippen molar-refractivity contribution in [1.82, 2.24) is 19.3 Å². The summed E-state index contributed by atoms with van der Waals surface area (Å²) in [7, 11) is -0.506. The van der Waals surface area contributed by atoms with Crippen LogP contribution in [0.2, 0.25) is 0 Å². The van der Waals surface area contributed by atoms with Gasteiger partial charge in [0.05, 0.1) is 25.3 Å². The molecule has 8 nitrogen and oxygen atoms in total. The Morgan fingerprint density at radius 2 is 2.04 bits per heavy atom. The Hall–Kier alpha value is -1.68. The molecule has 0 amide bonds. The van der Waals surface area contributed by atoms with Gasteiger partial charge in [-0.25, -0.2) is 14.7 Å². The van der Waals surface area contributed by atoms with E-state index in [1.165, 1.54) is 5.56 Å². The Kier molecular flexibility index (Phi) is 6.92. The Morgan fingerprint density at radius 1 is 1.25 bits per heavy atom. The Bertz CT molecular complexity index is 924. The van der Waals surface area contributed by atoms with Crippen LogP contribution in [-0.4, -0.2) is 64.3 Å². The van der Waals surface area contributed by atoms with Crippen LogP contribution in [0.25, 0.3) is 11.0 Å². The molecule has 2 aromatic heterocycles. The highest BCUT2D eigenvalue weighted by Gasteiger charge is 2.22. The summed E-state index contributed by atoms with van der Waals surface area (Å²) < 4.78 is 27.6. The Balaban J connectivity index is 1.81. The number of methoxy groups -OCH3 is 1. The zero-order valence-corrected chi connectivity index (χ0v) is 17.6. The van der Waals surface area contributed by atoms with E-state index in [0.717, 1.165) is 48.2 Å². The van der Waals surface area contributed by atoms with Gasteiger partial charge in [0.25, 0.3) is 0 Å². The van der Waals surface area contributed by atoms with Crippen molar-refractivity contribution in [3.63, 3.8) is 0 Å². The summed E-state index contributed by atoms with van der Waals surface area (Å²) in [4.78, 5) is 9.40. The molecule has 1 aliphatic rings. The lowest BCUT2D eigenvalue weighted by molar-refractivity contribution is 0.131. The number of imidazole rings is 1. The van der Waals surface area contributed by atoms with E-state index < -0.39 is 9.71 Å². The molecular weight excluding hydrogens is 378 g/mol. The highest BCUT2D eigenvalue weighted by atomic mass is 32.2. The molecule has 9 heteroatoms. The monoisotopic (exact) mass is 409 g/mol. The van der Waals surface area contributed by atoms with Crippen LogP contribution in [0.4, 0.5) is 5.82 Å². The van der Waals surface area contributed by atoms with Gasteiger partial charge in [0.2, 0.25) is 0 Å². The average molecular weight is 410 g/mol. The van der Waals surface area contributed by atoms with E-state index >= 15 is 0 Å². The van der Waals surface area contributed by atoms with Crippen molar-refractivity contribution in [2.24, 2.45) is 0 Å². The van der Waals surface area contributed by atoms with E-state index in [9.17, 15) is 4.21 Å². The summed E-state index contributed by atoms with van der Waals surface area (Å²) in [6, 6.07) is 0. The van der Waals surface area contributed by atoms with E-state index in [2.05, 4.69) is 20.1 Å². The van der Waals surface area contributed by atoms with Crippen molar-refractivity contribution in [2.45, 2.75) is 38.6 Å². The quantitative estimate of drug-likeness (QED) is 0.447. The van der Waals surface area contributed by atoms with Crippen LogP contribution in [0.5, 0.6) is 0 Å². The fraction of sp³-hybridized carbons (Fsp3) is 0.632. The topological polar surface area (TPSA) is 104 Å². The third-order valence-corrected chi connectivity index (χ3v) is 5.73. The third kappa shape index (κ3) is 5.02. The van der Waals surface area contributed by atoms with E-state index in [1.807, 2.05) is 0 Å². The Morgan fingerprint density at radius 3 is 2.79 bits per heavy atom. The van der Waals surface area contributed by atoms with Gasteiger partial charge < -0.3 is 19.8 Å². The second-order valence-corrected chi connectivity index (χ2v) is 9.56. The molecule has 0 aromatic carbocycles. The van der Waals surface area contributed by atoms with Crippen LogP contribution in [0.3, 0.4) is 0 Å². The van der Waals surface area contributed by atoms with Gasteiger partial charge in [-0.05, 0) is 37.1 Å². The molecule has 28 heavy (non-hydrogen) atoms. The second kappa shape index (κ2) is 9.21. The molecule has 1 atom stereocenters. The lowest BCUT2D eigenvalue weighted by Crippen LogP contribution is -2.26. The fourth-order valence-corrected chi connectivity index (χ4v) is 4.18. The summed E-state index contributed by atoms with van der Waals surface area (Å²) in [5.74, 6) is 5.02. The zero-order chi connectivity index (χ0) is 20.1. The SMILES string of the molecule is C=S(C)(=O)NCCOCCn1c(CCOC)nc2c(N)nc3c(c21)CCCC3. The summed E-state index contributed by atoms with van der Waals surface area (Å²) in [6.45, 7) is 2.79. The number of nitrogens with zero attached hydrogens (tertiary/aromatic N) is 3. The van der Waals surface area contributed by atoms with Crippen molar-refractivity contribution in [1.29, 1.82) is 0 Å². The molecule has 0 aliphatic heterocycles. The van der Waals surface area contributed by atoms with Crippen molar-refractivity contribution in [3.05, 3.63) is 17.1 Å². The maximum absolute atomic E-state index is 11.5. The zero-order valence-electron chi connectivity index (χ0n) is 16.8. The molecule has 0 saturated heterocycles. The number of nitrogens with two attached hydrogens (primary N) is 1. The summed E-state index contributed by atoms with van der Waals surface area (Å²) in [5, 5.41) is 0. The molecule has 156 valence electrons. The molecule has 0 spiro atoms. The number of rotatable bonds is 10. The summed E-state index contributed by atoms with van der Waals surface area (Å²) >= 11 is 0. The lowest BCUT2D eigenvalue weighted by atomic mass is 9.95. The van der Waals surface area contributed by atoms with Crippen molar-refractivity contribution in [3.8, 4) is 0 Å². The van der Waals surface area contributed by atoms with Gasteiger partial charge in [-0.2, -0.15) is 0 Å². The van der Waals surface area contributed by atoms with Gasteiger partial charge in [0, 0.05) is 48.3 Å². The minimum absolute atomic E-state index is 0.474. The number of fused-ring (bicyclic) bond motifs is 3. The summed E-state index contributed by atoms with van der Waals surface area (Å²) in [6.07, 6.45) is 6.58. The van der Waals surface area contributed by atoms with Gasteiger partial charge in [-0.3, -0.25) is 4.21 Å². The predicted molar refractivity (Wildman–Crippen MR) is 114 cm³/mol. The number of hydrogen-bond acceptors (Lipinski definition) is 6. The molecule has 3 rings (SSSR count). The highest BCUT2D eigenvalue weighted by Crippen LogP contribution is 2.31. The van der Waals surface area contributed by atoms with Crippen LogP contribution in [0.15, 0.2) is 0 Å². The average Bonchev–Trinajstić information content (AvgIpc) is 3.01. The number of anilines is 1. The number of aryl methyl sites for hydroxylation is 2. The van der Waals surface area contributed by atoms with E-state index in [0.29, 0.717) is 45.1 Å². The fourth-order valence-electron chi connectivity index (χ4n) is 3.66. The summed E-state index contributed by atoms with van der Waals surface area (Å²) in [5.41, 5.74) is 10.5. The van der Waals surface area contributed by atoms with Gasteiger partial charge >= 0.3 is 0 Å². The smallest absolute Gasteiger partial charge is 0.151 e. The molecule has 0 radical (unpaired) electrons. The van der Waals surface area contributed by atoms with Crippen LogP contribution in [-0.2, 0) is 45.0 Å².